The number of alkyl halides is 2. The topological polar surface area (TPSA) is 25.8 Å². The highest BCUT2D eigenvalue weighted by molar-refractivity contribution is 7.98. The summed E-state index contributed by atoms with van der Waals surface area (Å²) in [4.78, 5) is 8.45. The zero-order valence-electron chi connectivity index (χ0n) is 10.7. The van der Waals surface area contributed by atoms with Crippen LogP contribution in [0, 0.1) is 6.92 Å². The summed E-state index contributed by atoms with van der Waals surface area (Å²) in [5.41, 5.74) is 1.77. The van der Waals surface area contributed by atoms with Crippen molar-refractivity contribution < 1.29 is 8.78 Å². The maximum atomic E-state index is 13.1. The molecule has 0 unspecified atom stereocenters. The summed E-state index contributed by atoms with van der Waals surface area (Å²) in [7, 11) is 0. The number of hydrogen-bond donors (Lipinski definition) is 0. The van der Waals surface area contributed by atoms with E-state index < -0.39 is 11.7 Å². The van der Waals surface area contributed by atoms with Crippen LogP contribution in [0.5, 0.6) is 0 Å². The van der Waals surface area contributed by atoms with Crippen LogP contribution in [0.25, 0.3) is 0 Å². The van der Waals surface area contributed by atoms with Crippen molar-refractivity contribution in [2.75, 3.05) is 0 Å². The van der Waals surface area contributed by atoms with Gasteiger partial charge in [0.2, 0.25) is 0 Å². The fourth-order valence-corrected chi connectivity index (χ4v) is 2.44. The van der Waals surface area contributed by atoms with E-state index in [1.165, 1.54) is 11.8 Å². The molecule has 0 aliphatic rings. The molecule has 0 amide bonds. The van der Waals surface area contributed by atoms with Crippen LogP contribution in [-0.4, -0.2) is 9.97 Å². The van der Waals surface area contributed by atoms with Gasteiger partial charge in [0.05, 0.1) is 5.69 Å². The molecule has 5 heteroatoms. The van der Waals surface area contributed by atoms with Crippen LogP contribution in [-0.2, 0) is 11.7 Å². The van der Waals surface area contributed by atoms with Gasteiger partial charge in [0.25, 0.3) is 0 Å². The van der Waals surface area contributed by atoms with E-state index in [0.29, 0.717) is 5.69 Å². The zero-order valence-corrected chi connectivity index (χ0v) is 11.5. The molecule has 0 atom stereocenters. The van der Waals surface area contributed by atoms with Gasteiger partial charge in [-0.3, -0.25) is 0 Å². The summed E-state index contributed by atoms with van der Waals surface area (Å²) < 4.78 is 26.2. The average molecular weight is 280 g/mol. The minimum Gasteiger partial charge on any atom is -0.234 e. The molecule has 100 valence electrons. The first-order valence-electron chi connectivity index (χ1n) is 5.85. The van der Waals surface area contributed by atoms with Crippen LogP contribution in [0.4, 0.5) is 8.78 Å². The molecular weight excluding hydrogens is 266 g/mol. The summed E-state index contributed by atoms with van der Waals surface area (Å²) in [6, 6.07) is 9.95. The molecule has 0 aliphatic carbocycles. The third-order valence-electron chi connectivity index (χ3n) is 2.56. The highest BCUT2D eigenvalue weighted by atomic mass is 32.2. The monoisotopic (exact) mass is 280 g/mol. The van der Waals surface area contributed by atoms with Gasteiger partial charge in [-0.1, -0.05) is 30.3 Å². The Bertz CT molecular complexity index is 553. The van der Waals surface area contributed by atoms with Gasteiger partial charge in [0.15, 0.2) is 5.82 Å². The number of aryl methyl sites for hydroxylation is 1. The number of nitrogens with zero attached hydrogens (tertiary/aromatic N) is 2. The predicted molar refractivity (Wildman–Crippen MR) is 72.3 cm³/mol. The second-order valence-corrected chi connectivity index (χ2v) is 5.32. The van der Waals surface area contributed by atoms with Crippen LogP contribution in [0.1, 0.15) is 24.0 Å². The fraction of sp³-hybridized carbons (Fsp3) is 0.286. The quantitative estimate of drug-likeness (QED) is 0.785. The minimum atomic E-state index is -2.99. The molecule has 0 N–H and O–H groups in total. The molecule has 0 aliphatic heterocycles. The van der Waals surface area contributed by atoms with Crippen molar-refractivity contribution in [3.63, 3.8) is 0 Å². The van der Waals surface area contributed by atoms with Gasteiger partial charge in [0, 0.05) is 23.8 Å². The lowest BCUT2D eigenvalue weighted by molar-refractivity contribution is 0.00733. The van der Waals surface area contributed by atoms with Gasteiger partial charge in [-0.25, -0.2) is 9.97 Å². The minimum absolute atomic E-state index is 0.422. The lowest BCUT2D eigenvalue weighted by Gasteiger charge is -2.11. The normalized spacial score (nSPS) is 11.6. The second-order valence-electron chi connectivity index (χ2n) is 4.31. The third-order valence-corrected chi connectivity index (χ3v) is 3.75. The van der Waals surface area contributed by atoms with Crippen molar-refractivity contribution in [1.82, 2.24) is 9.97 Å². The van der Waals surface area contributed by atoms with E-state index in [1.807, 2.05) is 30.3 Å². The summed E-state index contributed by atoms with van der Waals surface area (Å²) in [5.74, 6) is -2.64. The van der Waals surface area contributed by atoms with Crippen LogP contribution in [0.3, 0.4) is 0 Å². The van der Waals surface area contributed by atoms with Gasteiger partial charge in [0.1, 0.15) is 0 Å². The number of halogens is 2. The van der Waals surface area contributed by atoms with Gasteiger partial charge in [-0.15, -0.1) is 11.8 Å². The molecule has 1 aromatic heterocycles. The Balaban J connectivity index is 2.10. The van der Waals surface area contributed by atoms with E-state index in [1.54, 1.807) is 18.7 Å². The molecule has 1 aromatic carbocycles. The average Bonchev–Trinajstić information content (AvgIpc) is 2.37. The first kappa shape index (κ1) is 13.9. The maximum Gasteiger partial charge on any atom is 0.303 e. The number of benzene rings is 1. The Hall–Kier alpha value is -1.49. The molecule has 2 rings (SSSR count). The van der Waals surface area contributed by atoms with Gasteiger partial charge in [-0.05, 0) is 12.5 Å². The molecule has 0 saturated carbocycles. The van der Waals surface area contributed by atoms with E-state index in [4.69, 9.17) is 0 Å². The fourth-order valence-electron chi connectivity index (χ4n) is 1.54. The van der Waals surface area contributed by atoms with Crippen molar-refractivity contribution in [2.24, 2.45) is 0 Å². The van der Waals surface area contributed by atoms with E-state index in [0.717, 1.165) is 17.6 Å². The number of hydrogen-bond acceptors (Lipinski definition) is 3. The van der Waals surface area contributed by atoms with Gasteiger partial charge >= 0.3 is 5.92 Å². The van der Waals surface area contributed by atoms with Crippen LogP contribution < -0.4 is 0 Å². The van der Waals surface area contributed by atoms with Crippen molar-refractivity contribution in [3.8, 4) is 0 Å². The van der Waals surface area contributed by atoms with Crippen molar-refractivity contribution >= 4 is 11.8 Å². The van der Waals surface area contributed by atoms with E-state index in [9.17, 15) is 8.78 Å². The Kier molecular flexibility index (Phi) is 4.14. The maximum absolute atomic E-state index is 13.1. The lowest BCUT2D eigenvalue weighted by atomic mass is 10.2. The van der Waals surface area contributed by atoms with Crippen molar-refractivity contribution in [3.05, 3.63) is 53.6 Å². The smallest absolute Gasteiger partial charge is 0.234 e. The van der Waals surface area contributed by atoms with E-state index in [2.05, 4.69) is 9.97 Å². The van der Waals surface area contributed by atoms with E-state index >= 15 is 0 Å². The largest absolute Gasteiger partial charge is 0.303 e. The SMILES string of the molecule is Cc1nc(C(C)(F)F)ncc1SCc1ccccc1. The van der Waals surface area contributed by atoms with Crippen LogP contribution >= 0.6 is 11.8 Å². The van der Waals surface area contributed by atoms with Gasteiger partial charge < -0.3 is 0 Å². The van der Waals surface area contributed by atoms with Crippen LogP contribution in [0.2, 0.25) is 0 Å². The van der Waals surface area contributed by atoms with Gasteiger partial charge in [-0.2, -0.15) is 8.78 Å². The van der Waals surface area contributed by atoms with Crippen molar-refractivity contribution in [1.29, 1.82) is 0 Å². The summed E-state index contributed by atoms with van der Waals surface area (Å²) in [5, 5.41) is 0. The molecule has 0 fully saturated rings. The molecule has 2 aromatic rings. The Morgan fingerprint density at radius 3 is 2.47 bits per heavy atom. The number of thioether (sulfide) groups is 1. The molecule has 1 heterocycles. The summed E-state index contributed by atoms with van der Waals surface area (Å²) in [6.07, 6.45) is 1.47. The first-order valence-corrected chi connectivity index (χ1v) is 6.84. The zero-order chi connectivity index (χ0) is 13.9. The standard InChI is InChI=1S/C14H14F2N2S/c1-10-12(8-17-13(18-10)14(2,15)16)19-9-11-6-4-3-5-7-11/h3-8H,9H2,1-2H3. The molecule has 19 heavy (non-hydrogen) atoms. The van der Waals surface area contributed by atoms with E-state index in [-0.39, 0.29) is 0 Å². The molecule has 0 radical (unpaired) electrons. The van der Waals surface area contributed by atoms with Crippen LogP contribution in [0.15, 0.2) is 41.4 Å². The highest BCUT2D eigenvalue weighted by Gasteiger charge is 2.28. The second kappa shape index (κ2) is 5.65. The Morgan fingerprint density at radius 1 is 1.21 bits per heavy atom. The molecule has 0 saturated heterocycles. The number of rotatable bonds is 4. The molecule has 0 spiro atoms. The predicted octanol–water partition coefficient (Wildman–Crippen LogP) is 4.19. The Labute approximate surface area is 115 Å². The third kappa shape index (κ3) is 3.73. The summed E-state index contributed by atoms with van der Waals surface area (Å²) in [6.45, 7) is 2.53. The molecular formula is C14H14F2N2S. The lowest BCUT2D eigenvalue weighted by Crippen LogP contribution is -2.13. The first-order chi connectivity index (χ1) is 8.97. The molecule has 0 bridgehead atoms. The number of aromatic nitrogens is 2. The highest BCUT2D eigenvalue weighted by Crippen LogP contribution is 2.28. The Morgan fingerprint density at radius 2 is 1.89 bits per heavy atom. The molecule has 2 nitrogen and oxygen atoms in total. The summed E-state index contributed by atoms with van der Waals surface area (Å²) >= 11 is 1.55. The van der Waals surface area contributed by atoms with Crippen molar-refractivity contribution in [2.45, 2.75) is 30.4 Å².